The molecule has 4 nitrogen and oxygen atoms in total. The third-order valence-corrected chi connectivity index (χ3v) is 2.63. The molecule has 3 N–H and O–H groups in total. The van der Waals surface area contributed by atoms with Crippen molar-refractivity contribution in [1.82, 2.24) is 5.32 Å². The van der Waals surface area contributed by atoms with Gasteiger partial charge in [-0.1, -0.05) is 27.7 Å². The molecule has 0 aliphatic heterocycles. The van der Waals surface area contributed by atoms with Crippen molar-refractivity contribution in [2.75, 3.05) is 13.2 Å². The Balaban J connectivity index is 4.18. The van der Waals surface area contributed by atoms with Crippen LogP contribution in [0.25, 0.3) is 0 Å². The van der Waals surface area contributed by atoms with E-state index < -0.39 is 5.54 Å². The number of carbonyl (C=O) groups is 1. The summed E-state index contributed by atoms with van der Waals surface area (Å²) in [6.45, 7) is 9.58. The number of hydrogen-bond acceptors (Lipinski definition) is 3. The van der Waals surface area contributed by atoms with Crippen LogP contribution in [0.1, 0.15) is 47.5 Å². The molecule has 0 aromatic heterocycles. The first-order valence-electron chi connectivity index (χ1n) is 6.14. The highest BCUT2D eigenvalue weighted by atomic mass is 16.3. The van der Waals surface area contributed by atoms with Gasteiger partial charge in [0.25, 0.3) is 0 Å². The fraction of sp³-hybridized carbons (Fsp3) is 0.923. The van der Waals surface area contributed by atoms with Crippen molar-refractivity contribution in [3.8, 4) is 0 Å². The Morgan fingerprint density at radius 3 is 2.00 bits per heavy atom. The minimum Gasteiger partial charge on any atom is -0.394 e. The van der Waals surface area contributed by atoms with E-state index in [1.165, 1.54) is 0 Å². The summed E-state index contributed by atoms with van der Waals surface area (Å²) in [6, 6.07) is 0. The van der Waals surface area contributed by atoms with Gasteiger partial charge in [0.2, 0.25) is 5.91 Å². The van der Waals surface area contributed by atoms with Crippen molar-refractivity contribution in [3.63, 3.8) is 0 Å². The van der Waals surface area contributed by atoms with Gasteiger partial charge in [0.1, 0.15) is 0 Å². The summed E-state index contributed by atoms with van der Waals surface area (Å²) in [6.07, 6.45) is 1.39. The zero-order chi connectivity index (χ0) is 13.7. The predicted molar refractivity (Wildman–Crippen MR) is 68.6 cm³/mol. The van der Waals surface area contributed by atoms with E-state index in [1.54, 1.807) is 6.92 Å². The molecule has 0 heterocycles. The monoisotopic (exact) mass is 245 g/mol. The Hall–Kier alpha value is -0.610. The molecular formula is C13H27NO3. The van der Waals surface area contributed by atoms with Crippen molar-refractivity contribution in [3.05, 3.63) is 0 Å². The van der Waals surface area contributed by atoms with Gasteiger partial charge in [-0.3, -0.25) is 4.79 Å². The molecule has 0 aliphatic rings. The molecule has 1 atom stereocenters. The molecule has 0 saturated carbocycles. The molecule has 0 radical (unpaired) electrons. The first kappa shape index (κ1) is 16.4. The van der Waals surface area contributed by atoms with Gasteiger partial charge in [-0.25, -0.2) is 0 Å². The lowest BCUT2D eigenvalue weighted by Crippen LogP contribution is -2.52. The minimum atomic E-state index is -0.918. The van der Waals surface area contributed by atoms with Gasteiger partial charge in [0.15, 0.2) is 0 Å². The van der Waals surface area contributed by atoms with Crippen LogP contribution in [0.5, 0.6) is 0 Å². The fourth-order valence-electron chi connectivity index (χ4n) is 1.95. The normalized spacial score (nSPS) is 14.5. The van der Waals surface area contributed by atoms with Crippen molar-refractivity contribution in [1.29, 1.82) is 0 Å². The maximum absolute atomic E-state index is 11.7. The molecule has 17 heavy (non-hydrogen) atoms. The van der Waals surface area contributed by atoms with Crippen molar-refractivity contribution in [2.24, 2.45) is 11.3 Å². The second kappa shape index (κ2) is 6.36. The van der Waals surface area contributed by atoms with Crippen molar-refractivity contribution >= 4 is 5.91 Å². The number of hydrogen-bond donors (Lipinski definition) is 3. The summed E-state index contributed by atoms with van der Waals surface area (Å²) in [5, 5.41) is 20.8. The van der Waals surface area contributed by atoms with E-state index in [2.05, 4.69) is 26.1 Å². The summed E-state index contributed by atoms with van der Waals surface area (Å²) in [5.74, 6) is 0.170. The van der Waals surface area contributed by atoms with Gasteiger partial charge in [-0.05, 0) is 24.7 Å². The average Bonchev–Trinajstić information content (AvgIpc) is 2.14. The van der Waals surface area contributed by atoms with Crippen molar-refractivity contribution in [2.45, 2.75) is 53.0 Å². The first-order chi connectivity index (χ1) is 7.62. The summed E-state index contributed by atoms with van der Waals surface area (Å²) >= 11 is 0. The predicted octanol–water partition coefficient (Wildman–Crippen LogP) is 1.31. The zero-order valence-corrected chi connectivity index (χ0v) is 11.7. The summed E-state index contributed by atoms with van der Waals surface area (Å²) < 4.78 is 0. The molecule has 0 saturated heterocycles. The number of aliphatic hydroxyl groups excluding tert-OH is 2. The zero-order valence-electron chi connectivity index (χ0n) is 11.7. The van der Waals surface area contributed by atoms with E-state index in [0.29, 0.717) is 6.42 Å². The third-order valence-electron chi connectivity index (χ3n) is 2.63. The molecule has 0 aromatic rings. The van der Waals surface area contributed by atoms with E-state index in [4.69, 9.17) is 10.2 Å². The van der Waals surface area contributed by atoms with Gasteiger partial charge in [0.05, 0.1) is 18.8 Å². The average molecular weight is 245 g/mol. The van der Waals surface area contributed by atoms with Crippen LogP contribution in [0.3, 0.4) is 0 Å². The van der Waals surface area contributed by atoms with Crippen LogP contribution in [0.4, 0.5) is 0 Å². The van der Waals surface area contributed by atoms with E-state index in [1.807, 2.05) is 6.92 Å². The lowest BCUT2D eigenvalue weighted by molar-refractivity contribution is -0.125. The van der Waals surface area contributed by atoms with Crippen LogP contribution in [-0.2, 0) is 4.79 Å². The maximum atomic E-state index is 11.7. The second-order valence-electron chi connectivity index (χ2n) is 6.50. The molecular weight excluding hydrogens is 218 g/mol. The van der Waals surface area contributed by atoms with Crippen molar-refractivity contribution < 1.29 is 15.0 Å². The Kier molecular flexibility index (Phi) is 6.13. The molecule has 0 rings (SSSR count). The van der Waals surface area contributed by atoms with E-state index >= 15 is 0 Å². The molecule has 0 bridgehead atoms. The SMILES string of the molecule is CC(CC(=O)NC(C)(CO)CO)CC(C)(C)C. The second-order valence-corrected chi connectivity index (χ2v) is 6.50. The minimum absolute atomic E-state index is 0.118. The Labute approximate surface area is 104 Å². The van der Waals surface area contributed by atoms with Crippen LogP contribution >= 0.6 is 0 Å². The summed E-state index contributed by atoms with van der Waals surface area (Å²) in [4.78, 5) is 11.7. The smallest absolute Gasteiger partial charge is 0.220 e. The number of aliphatic hydroxyl groups is 2. The highest BCUT2D eigenvalue weighted by Crippen LogP contribution is 2.25. The van der Waals surface area contributed by atoms with Gasteiger partial charge >= 0.3 is 0 Å². The van der Waals surface area contributed by atoms with Crippen LogP contribution in [0, 0.1) is 11.3 Å². The van der Waals surface area contributed by atoms with Crippen LogP contribution in [0.2, 0.25) is 0 Å². The van der Waals surface area contributed by atoms with Gasteiger partial charge < -0.3 is 15.5 Å². The molecule has 0 fully saturated rings. The number of carbonyl (C=O) groups excluding carboxylic acids is 1. The molecule has 0 spiro atoms. The van der Waals surface area contributed by atoms with Gasteiger partial charge in [-0.15, -0.1) is 0 Å². The fourth-order valence-corrected chi connectivity index (χ4v) is 1.95. The maximum Gasteiger partial charge on any atom is 0.220 e. The number of nitrogens with one attached hydrogen (secondary N) is 1. The molecule has 0 aliphatic carbocycles. The quantitative estimate of drug-likeness (QED) is 0.661. The van der Waals surface area contributed by atoms with Gasteiger partial charge in [-0.2, -0.15) is 0 Å². The highest BCUT2D eigenvalue weighted by molar-refractivity contribution is 5.77. The Morgan fingerprint density at radius 1 is 1.18 bits per heavy atom. The molecule has 4 heteroatoms. The van der Waals surface area contributed by atoms with E-state index in [-0.39, 0.29) is 30.5 Å². The number of amides is 1. The standard InChI is InChI=1S/C13H27NO3/c1-10(7-12(2,3)4)6-11(17)14-13(5,8-15)9-16/h10,15-16H,6-9H2,1-5H3,(H,14,17). The molecule has 1 unspecified atom stereocenters. The first-order valence-corrected chi connectivity index (χ1v) is 6.14. The molecule has 1 amide bonds. The van der Waals surface area contributed by atoms with Gasteiger partial charge in [0, 0.05) is 6.42 Å². The Bertz CT molecular complexity index is 242. The molecule has 102 valence electrons. The highest BCUT2D eigenvalue weighted by Gasteiger charge is 2.26. The Morgan fingerprint density at radius 2 is 1.65 bits per heavy atom. The third kappa shape index (κ3) is 7.34. The topological polar surface area (TPSA) is 69.6 Å². The lowest BCUT2D eigenvalue weighted by Gasteiger charge is -2.28. The largest absolute Gasteiger partial charge is 0.394 e. The van der Waals surface area contributed by atoms with E-state index in [0.717, 1.165) is 6.42 Å². The summed E-state index contributed by atoms with van der Waals surface area (Å²) in [7, 11) is 0. The lowest BCUT2D eigenvalue weighted by atomic mass is 9.84. The van der Waals surface area contributed by atoms with Crippen LogP contribution < -0.4 is 5.32 Å². The summed E-state index contributed by atoms with van der Waals surface area (Å²) in [5.41, 5.74) is -0.713. The van der Waals surface area contributed by atoms with E-state index in [9.17, 15) is 4.79 Å². The van der Waals surface area contributed by atoms with Crippen LogP contribution in [0.15, 0.2) is 0 Å². The number of rotatable bonds is 6. The molecule has 0 aromatic carbocycles. The van der Waals surface area contributed by atoms with Crippen LogP contribution in [-0.4, -0.2) is 34.9 Å².